The lowest BCUT2D eigenvalue weighted by molar-refractivity contribution is -0.137. The van der Waals surface area contributed by atoms with Gasteiger partial charge in [-0.2, -0.15) is 18.3 Å². The van der Waals surface area contributed by atoms with Crippen LogP contribution < -0.4 is 16.4 Å². The van der Waals surface area contributed by atoms with Crippen LogP contribution in [0.5, 0.6) is 0 Å². The fourth-order valence-electron chi connectivity index (χ4n) is 4.18. The average molecular weight is 638 g/mol. The van der Waals surface area contributed by atoms with Crippen molar-refractivity contribution in [2.45, 2.75) is 26.4 Å². The molecular formula is C28H35ClF3N9O3. The number of amides is 3. The third-order valence-electron chi connectivity index (χ3n) is 6.35. The Balaban J connectivity index is 2.23. The maximum Gasteiger partial charge on any atom is 0.416 e. The molecular weight excluding hydrogens is 603 g/mol. The molecule has 4 N–H and O–H groups in total. The molecule has 1 aromatic rings. The fourth-order valence-corrected chi connectivity index (χ4v) is 4.41. The summed E-state index contributed by atoms with van der Waals surface area (Å²) in [5, 5.41) is 9.63. The first-order valence-electron chi connectivity index (χ1n) is 13.3. The average Bonchev–Trinajstić information content (AvgIpc) is 2.99. The van der Waals surface area contributed by atoms with Crippen molar-refractivity contribution in [3.05, 3.63) is 64.7 Å². The van der Waals surface area contributed by atoms with E-state index in [1.807, 2.05) is 6.92 Å². The van der Waals surface area contributed by atoms with Crippen molar-refractivity contribution in [1.29, 1.82) is 0 Å². The minimum atomic E-state index is -4.61. The summed E-state index contributed by atoms with van der Waals surface area (Å²) in [5.74, 6) is -1.83. The number of aliphatic imine (C=N–C) groups is 2. The number of rotatable bonds is 12. The van der Waals surface area contributed by atoms with Gasteiger partial charge in [-0.15, -0.1) is 0 Å². The molecule has 0 saturated carbocycles. The molecule has 1 fully saturated rings. The van der Waals surface area contributed by atoms with Gasteiger partial charge in [0.25, 0.3) is 11.8 Å². The number of carbonyl (C=O) groups is 3. The molecule has 12 nitrogen and oxygen atoms in total. The maximum atomic E-state index is 13.7. The predicted molar refractivity (Wildman–Crippen MR) is 165 cm³/mol. The third-order valence-corrected chi connectivity index (χ3v) is 6.67. The molecule has 0 spiro atoms. The van der Waals surface area contributed by atoms with Crippen LogP contribution in [0.15, 0.2) is 69.2 Å². The molecule has 3 amide bonds. The van der Waals surface area contributed by atoms with Gasteiger partial charge in [-0.05, 0) is 31.5 Å². The van der Waals surface area contributed by atoms with Crippen molar-refractivity contribution in [3.63, 3.8) is 0 Å². The molecule has 1 aliphatic rings. The highest BCUT2D eigenvalue weighted by Gasteiger charge is 2.33. The lowest BCUT2D eigenvalue weighted by atomic mass is 10.1. The first-order chi connectivity index (χ1) is 20.8. The van der Waals surface area contributed by atoms with Gasteiger partial charge in [-0.1, -0.05) is 31.2 Å². The number of hydrogen-bond donors (Lipinski definition) is 3. The first kappa shape index (κ1) is 35.5. The predicted octanol–water partition coefficient (Wildman–Crippen LogP) is 3.20. The van der Waals surface area contributed by atoms with E-state index in [1.165, 1.54) is 6.20 Å². The highest BCUT2D eigenvalue weighted by Crippen LogP contribution is 2.33. The number of carbonyl (C=O) groups excluding carboxylic acids is 3. The highest BCUT2D eigenvalue weighted by molar-refractivity contribution is 6.45. The maximum absolute atomic E-state index is 13.7. The number of nitrogens with zero attached hydrogens (tertiary/aromatic N) is 6. The number of nitrogens with two attached hydrogens (primary N) is 1. The molecule has 1 aliphatic heterocycles. The third kappa shape index (κ3) is 9.17. The largest absolute Gasteiger partial charge is 0.416 e. The second-order valence-corrected chi connectivity index (χ2v) is 9.55. The number of benzene rings is 1. The summed E-state index contributed by atoms with van der Waals surface area (Å²) >= 11 is 5.95. The van der Waals surface area contributed by atoms with Gasteiger partial charge < -0.3 is 26.2 Å². The first-order valence-corrected chi connectivity index (χ1v) is 13.7. The number of allylic oxidation sites excluding steroid dienone is 2. The summed E-state index contributed by atoms with van der Waals surface area (Å²) in [7, 11) is 1.64. The fraction of sp³-hybridized carbons (Fsp3) is 0.357. The molecule has 2 rings (SSSR count). The zero-order chi connectivity index (χ0) is 33.0. The van der Waals surface area contributed by atoms with Crippen LogP contribution in [0.1, 0.15) is 25.8 Å². The molecule has 0 unspecified atom stereocenters. The van der Waals surface area contributed by atoms with Gasteiger partial charge in [0.2, 0.25) is 5.91 Å². The molecule has 0 aromatic heterocycles. The van der Waals surface area contributed by atoms with E-state index in [0.717, 1.165) is 23.5 Å². The smallest absolute Gasteiger partial charge is 0.390 e. The Bertz CT molecular complexity index is 1380. The Morgan fingerprint density at radius 3 is 2.32 bits per heavy atom. The van der Waals surface area contributed by atoms with Gasteiger partial charge in [0, 0.05) is 51.8 Å². The van der Waals surface area contributed by atoms with E-state index in [2.05, 4.69) is 39.0 Å². The number of hydrazone groups is 1. The van der Waals surface area contributed by atoms with Crippen LogP contribution in [0.2, 0.25) is 5.02 Å². The van der Waals surface area contributed by atoms with Crippen LogP contribution in [0.25, 0.3) is 0 Å². The van der Waals surface area contributed by atoms with E-state index in [1.54, 1.807) is 29.8 Å². The Morgan fingerprint density at radius 2 is 1.82 bits per heavy atom. The Labute approximate surface area is 258 Å². The van der Waals surface area contributed by atoms with Gasteiger partial charge in [-0.3, -0.25) is 14.4 Å². The Morgan fingerprint density at radius 1 is 1.18 bits per heavy atom. The lowest BCUT2D eigenvalue weighted by Crippen LogP contribution is -2.52. The molecule has 16 heteroatoms. The standard InChI is InChI=1S/C28H35ClF3N9O3/c1-6-10-36-24(18(3)37-17-33)26(43)40-13-11-39(12-14-40)25(21(7-2)34-4)27(44)41(35-5)16-23(42)38-22-9-8-19(15-20(22)29)28(30,31)32/h6,8-10,15,17,34H,3,5,7,11-14,16H2,1-2,4H3,(H2,33,37)(H,38,42)/b10-6-,25-21+,36-24?. The molecule has 1 aromatic carbocycles. The van der Waals surface area contributed by atoms with Gasteiger partial charge in [-0.25, -0.2) is 15.0 Å². The van der Waals surface area contributed by atoms with E-state index in [4.69, 9.17) is 17.3 Å². The summed E-state index contributed by atoms with van der Waals surface area (Å²) in [6, 6.07) is 2.48. The Hall–Kier alpha value is -4.66. The number of piperazine rings is 1. The van der Waals surface area contributed by atoms with Gasteiger partial charge in [0.1, 0.15) is 12.2 Å². The van der Waals surface area contributed by atoms with Crippen molar-refractivity contribution in [2.75, 3.05) is 45.1 Å². The van der Waals surface area contributed by atoms with Crippen LogP contribution in [0.3, 0.4) is 0 Å². The van der Waals surface area contributed by atoms with Crippen molar-refractivity contribution in [1.82, 2.24) is 20.1 Å². The summed E-state index contributed by atoms with van der Waals surface area (Å²) in [6.07, 6.45) is -0.0758. The number of anilines is 1. The van der Waals surface area contributed by atoms with E-state index in [9.17, 15) is 27.6 Å². The van der Waals surface area contributed by atoms with E-state index >= 15 is 0 Å². The van der Waals surface area contributed by atoms with E-state index < -0.39 is 36.0 Å². The van der Waals surface area contributed by atoms with Crippen molar-refractivity contribution in [3.8, 4) is 0 Å². The minimum Gasteiger partial charge on any atom is -0.390 e. The van der Waals surface area contributed by atoms with Crippen molar-refractivity contribution in [2.24, 2.45) is 20.8 Å². The summed E-state index contributed by atoms with van der Waals surface area (Å²) in [6.45, 7) is 11.1. The SMILES string of the molecule is C=NN(CC(=O)Nc1ccc(C(F)(F)F)cc1Cl)C(=O)/C(=C(/CC)NC)N1CCN(C(=O)C(=N/C=C\C)C(=C)N=CN)CC1. The molecule has 1 heterocycles. The van der Waals surface area contributed by atoms with E-state index in [-0.39, 0.29) is 54.0 Å². The zero-order valence-electron chi connectivity index (χ0n) is 24.6. The molecule has 1 saturated heterocycles. The number of hydrogen-bond acceptors (Lipinski definition) is 8. The molecule has 44 heavy (non-hydrogen) atoms. The highest BCUT2D eigenvalue weighted by atomic mass is 35.5. The molecule has 238 valence electrons. The van der Waals surface area contributed by atoms with Crippen LogP contribution in [0, 0.1) is 0 Å². The molecule has 0 atom stereocenters. The van der Waals surface area contributed by atoms with Gasteiger partial charge in [0.15, 0.2) is 5.71 Å². The molecule has 0 bridgehead atoms. The quantitative estimate of drug-likeness (QED) is 0.139. The van der Waals surface area contributed by atoms with Crippen LogP contribution in [0.4, 0.5) is 18.9 Å². The minimum absolute atomic E-state index is 0.0239. The lowest BCUT2D eigenvalue weighted by Gasteiger charge is -2.38. The zero-order valence-corrected chi connectivity index (χ0v) is 25.4. The van der Waals surface area contributed by atoms with Gasteiger partial charge in [0.05, 0.1) is 28.3 Å². The number of halogens is 4. The Kier molecular flexibility index (Phi) is 13.1. The molecule has 0 radical (unpaired) electrons. The second kappa shape index (κ2) is 16.3. The number of alkyl halides is 3. The van der Waals surface area contributed by atoms with Crippen molar-refractivity contribution < 1.29 is 27.6 Å². The van der Waals surface area contributed by atoms with Crippen LogP contribution in [-0.2, 0) is 20.6 Å². The second-order valence-electron chi connectivity index (χ2n) is 9.14. The van der Waals surface area contributed by atoms with E-state index in [0.29, 0.717) is 18.2 Å². The summed E-state index contributed by atoms with van der Waals surface area (Å²) < 4.78 is 38.9. The number of nitrogens with one attached hydrogen (secondary N) is 2. The topological polar surface area (TPSA) is 148 Å². The summed E-state index contributed by atoms with van der Waals surface area (Å²) in [5.41, 5.74) is 5.20. The van der Waals surface area contributed by atoms with Crippen LogP contribution >= 0.6 is 11.6 Å². The van der Waals surface area contributed by atoms with Crippen molar-refractivity contribution >= 4 is 53.8 Å². The normalized spacial score (nSPS) is 14.8. The van der Waals surface area contributed by atoms with Gasteiger partial charge >= 0.3 is 6.18 Å². The van der Waals surface area contributed by atoms with Crippen LogP contribution in [-0.4, -0.2) is 91.1 Å². The molecule has 0 aliphatic carbocycles. The monoisotopic (exact) mass is 637 g/mol. The summed E-state index contributed by atoms with van der Waals surface area (Å²) in [4.78, 5) is 51.1.